The summed E-state index contributed by atoms with van der Waals surface area (Å²) in [5, 5.41) is -0.531. The van der Waals surface area contributed by atoms with Gasteiger partial charge in [-0.1, -0.05) is 36.4 Å². The fourth-order valence-electron chi connectivity index (χ4n) is 3.36. The second-order valence-electron chi connectivity index (χ2n) is 6.67. The number of anilines is 2. The zero-order chi connectivity index (χ0) is 17.2. The van der Waals surface area contributed by atoms with Crippen LogP contribution in [0.25, 0.3) is 0 Å². The average molecular weight is 343 g/mol. The highest BCUT2D eigenvalue weighted by Crippen LogP contribution is 2.75. The molecule has 1 aliphatic rings. The topological polar surface area (TPSA) is 43.8 Å². The van der Waals surface area contributed by atoms with E-state index in [-0.39, 0.29) is 0 Å². The predicted molar refractivity (Wildman–Crippen MR) is 101 cm³/mol. The number of rotatable bonds is 5. The van der Waals surface area contributed by atoms with Crippen LogP contribution in [-0.2, 0) is 4.79 Å². The quantitative estimate of drug-likeness (QED) is 0.655. The maximum atomic E-state index is 12.0. The molecule has 24 heavy (non-hydrogen) atoms. The van der Waals surface area contributed by atoms with Crippen molar-refractivity contribution in [1.29, 1.82) is 0 Å². The van der Waals surface area contributed by atoms with E-state index >= 15 is 0 Å². The van der Waals surface area contributed by atoms with Gasteiger partial charge in [0.2, 0.25) is 0 Å². The van der Waals surface area contributed by atoms with Crippen molar-refractivity contribution < 1.29 is 9.69 Å². The van der Waals surface area contributed by atoms with E-state index in [1.807, 2.05) is 74.5 Å². The largest absolute Gasteiger partial charge is 0.336 e. The smallest absolute Gasteiger partial charge is 0.303 e. The Labute approximate surface area is 144 Å². The first-order chi connectivity index (χ1) is 11.5. The lowest BCUT2D eigenvalue weighted by molar-refractivity contribution is -0.108. The van der Waals surface area contributed by atoms with E-state index < -0.39 is 12.9 Å². The summed E-state index contributed by atoms with van der Waals surface area (Å²) in [7, 11) is -2.77. The van der Waals surface area contributed by atoms with Crippen LogP contribution in [0, 0.1) is 0 Å². The van der Waals surface area contributed by atoms with Gasteiger partial charge in [0.15, 0.2) is 0 Å². The lowest BCUT2D eigenvalue weighted by Crippen LogP contribution is -2.39. The Bertz CT molecular complexity index is 644. The Balaban J connectivity index is 2.10. The molecule has 1 heterocycles. The summed E-state index contributed by atoms with van der Waals surface area (Å²) in [5.74, 6) is 0. The maximum Gasteiger partial charge on any atom is 0.336 e. The van der Waals surface area contributed by atoms with Crippen molar-refractivity contribution in [3.05, 3.63) is 60.7 Å². The minimum Gasteiger partial charge on any atom is -0.303 e. The van der Waals surface area contributed by atoms with E-state index in [4.69, 9.17) is 0 Å². The molecule has 0 unspecified atom stereocenters. The molecule has 1 saturated heterocycles. The molecule has 1 N–H and O–H groups in total. The van der Waals surface area contributed by atoms with Gasteiger partial charge < -0.3 is 4.79 Å². The lowest BCUT2D eigenvalue weighted by atomic mass is 10.1. The van der Waals surface area contributed by atoms with Crippen molar-refractivity contribution in [2.45, 2.75) is 25.4 Å². The van der Waals surface area contributed by atoms with Crippen LogP contribution >= 0.6 is 7.79 Å². The third-order valence-electron chi connectivity index (χ3n) is 4.70. The highest BCUT2D eigenvalue weighted by Gasteiger charge is 2.65. The number of benzene rings is 2. The summed E-state index contributed by atoms with van der Waals surface area (Å²) < 4.78 is 4.23. The second kappa shape index (κ2) is 6.54. The summed E-state index contributed by atoms with van der Waals surface area (Å²) in [5.41, 5.74) is 2.01. The van der Waals surface area contributed by atoms with Gasteiger partial charge in [0.1, 0.15) is 11.4 Å². The summed E-state index contributed by atoms with van der Waals surface area (Å²) in [6.45, 7) is 5.47. The Morgan fingerprint density at radius 3 is 1.75 bits per heavy atom. The highest BCUT2D eigenvalue weighted by molar-refractivity contribution is 7.75. The SMILES string of the molecule is CC(C)(CC=O)[P+]1(O)N(c2ccccc2)CCN1c1ccccc1. The van der Waals surface area contributed by atoms with Crippen molar-refractivity contribution in [2.24, 2.45) is 0 Å². The molecule has 1 fully saturated rings. The fraction of sp³-hybridized carbons (Fsp3) is 0.316. The molecule has 0 bridgehead atoms. The summed E-state index contributed by atoms with van der Waals surface area (Å²) in [6, 6.07) is 20.0. The van der Waals surface area contributed by atoms with Crippen molar-refractivity contribution in [2.75, 3.05) is 22.4 Å². The molecule has 3 rings (SSSR count). The van der Waals surface area contributed by atoms with Crippen molar-refractivity contribution >= 4 is 25.5 Å². The van der Waals surface area contributed by atoms with E-state index in [0.717, 1.165) is 30.8 Å². The zero-order valence-electron chi connectivity index (χ0n) is 14.2. The molecule has 0 aliphatic carbocycles. The third kappa shape index (κ3) is 2.70. The molecule has 5 heteroatoms. The fourth-order valence-corrected chi connectivity index (χ4v) is 6.89. The minimum atomic E-state index is -2.77. The number of carbonyl (C=O) groups excluding carboxylic acids is 1. The third-order valence-corrected chi connectivity index (χ3v) is 8.72. The molecule has 1 aliphatic heterocycles. The normalized spacial score (nSPS) is 17.1. The monoisotopic (exact) mass is 343 g/mol. The molecular formula is C19H24N2O2P+. The van der Waals surface area contributed by atoms with Crippen molar-refractivity contribution in [3.8, 4) is 0 Å². The van der Waals surface area contributed by atoms with Gasteiger partial charge in [0.25, 0.3) is 0 Å². The van der Waals surface area contributed by atoms with Crippen LogP contribution in [0.4, 0.5) is 11.4 Å². The molecule has 0 amide bonds. The molecule has 0 aromatic heterocycles. The van der Waals surface area contributed by atoms with Gasteiger partial charge in [-0.25, -0.2) is 14.2 Å². The van der Waals surface area contributed by atoms with Crippen LogP contribution in [-0.4, -0.2) is 29.4 Å². The first-order valence-corrected chi connectivity index (χ1v) is 9.87. The molecule has 0 saturated carbocycles. The summed E-state index contributed by atoms with van der Waals surface area (Å²) in [6.07, 6.45) is 1.24. The highest BCUT2D eigenvalue weighted by atomic mass is 31.2. The van der Waals surface area contributed by atoms with E-state index in [2.05, 4.69) is 9.34 Å². The zero-order valence-corrected chi connectivity index (χ0v) is 15.1. The summed E-state index contributed by atoms with van der Waals surface area (Å²) in [4.78, 5) is 23.3. The second-order valence-corrected chi connectivity index (χ2v) is 9.98. The first kappa shape index (κ1) is 16.9. The van der Waals surface area contributed by atoms with E-state index in [9.17, 15) is 9.69 Å². The van der Waals surface area contributed by atoms with Gasteiger partial charge in [-0.2, -0.15) is 0 Å². The standard InChI is InChI=1S/C19H24N2O2P/c1-19(2,13-16-22)24(23)20(17-9-5-3-6-10-17)14-15-21(24)18-11-7-4-8-12-18/h3-12,16,23H,13-15H2,1-2H3/q+1. The number of nitrogens with zero attached hydrogens (tertiary/aromatic N) is 2. The molecule has 0 atom stereocenters. The molecule has 2 aromatic carbocycles. The van der Waals surface area contributed by atoms with Gasteiger partial charge in [-0.05, 0) is 38.1 Å². The van der Waals surface area contributed by atoms with Crippen LogP contribution in [0.3, 0.4) is 0 Å². The number of carbonyl (C=O) groups is 1. The van der Waals surface area contributed by atoms with Crippen LogP contribution in [0.5, 0.6) is 0 Å². The molecule has 0 radical (unpaired) electrons. The van der Waals surface area contributed by atoms with E-state index in [1.54, 1.807) is 0 Å². The van der Waals surface area contributed by atoms with E-state index in [0.29, 0.717) is 6.42 Å². The Kier molecular flexibility index (Phi) is 4.62. The van der Waals surface area contributed by atoms with Crippen molar-refractivity contribution in [3.63, 3.8) is 0 Å². The van der Waals surface area contributed by atoms with Gasteiger partial charge in [-0.15, -0.1) is 0 Å². The van der Waals surface area contributed by atoms with Crippen LogP contribution in [0.1, 0.15) is 20.3 Å². The molecule has 2 aromatic rings. The number of para-hydroxylation sites is 2. The van der Waals surface area contributed by atoms with E-state index in [1.165, 1.54) is 0 Å². The Hall–Kier alpha value is -1.90. The van der Waals surface area contributed by atoms with Crippen LogP contribution in [0.2, 0.25) is 0 Å². The number of hydrogen-bond acceptors (Lipinski definition) is 4. The molecular weight excluding hydrogens is 319 g/mol. The van der Waals surface area contributed by atoms with Crippen molar-refractivity contribution in [1.82, 2.24) is 0 Å². The van der Waals surface area contributed by atoms with Gasteiger partial charge >= 0.3 is 7.79 Å². The number of aldehydes is 1. The molecule has 4 nitrogen and oxygen atoms in total. The Morgan fingerprint density at radius 1 is 0.958 bits per heavy atom. The predicted octanol–water partition coefficient (Wildman–Crippen LogP) is 4.14. The summed E-state index contributed by atoms with van der Waals surface area (Å²) >= 11 is 0. The van der Waals surface area contributed by atoms with Gasteiger partial charge in [0.05, 0.1) is 24.5 Å². The lowest BCUT2D eigenvalue weighted by Gasteiger charge is -2.40. The van der Waals surface area contributed by atoms with Crippen LogP contribution in [0.15, 0.2) is 60.7 Å². The van der Waals surface area contributed by atoms with Crippen LogP contribution < -0.4 is 9.34 Å². The Morgan fingerprint density at radius 2 is 1.38 bits per heavy atom. The maximum absolute atomic E-state index is 12.0. The van der Waals surface area contributed by atoms with Gasteiger partial charge in [0, 0.05) is 6.42 Å². The first-order valence-electron chi connectivity index (χ1n) is 8.22. The molecule has 126 valence electrons. The number of hydrogen-bond donors (Lipinski definition) is 1. The average Bonchev–Trinajstić information content (AvgIpc) is 2.95. The minimum absolute atomic E-state index is 0.323. The van der Waals surface area contributed by atoms with Gasteiger partial charge in [-0.3, -0.25) is 0 Å². The molecule has 0 spiro atoms.